The van der Waals surface area contributed by atoms with Crippen LogP contribution in [-0.4, -0.2) is 39.8 Å². The highest BCUT2D eigenvalue weighted by Gasteiger charge is 2.11. The first kappa shape index (κ1) is 10.9. The van der Waals surface area contributed by atoms with Gasteiger partial charge in [0, 0.05) is 12.1 Å². The Balaban J connectivity index is 3.56. The maximum atomic E-state index is 3.29. The van der Waals surface area contributed by atoms with E-state index in [9.17, 15) is 0 Å². The van der Waals surface area contributed by atoms with Crippen molar-refractivity contribution in [2.75, 3.05) is 27.7 Å². The zero-order valence-corrected chi connectivity index (χ0v) is 8.07. The second kappa shape index (κ2) is 6.58. The summed E-state index contributed by atoms with van der Waals surface area (Å²) in [6.45, 7) is 3.26. The van der Waals surface area contributed by atoms with E-state index in [1.807, 2.05) is 21.1 Å². The van der Waals surface area contributed by atoms with Crippen LogP contribution in [0.5, 0.6) is 0 Å². The lowest BCUT2D eigenvalue weighted by molar-refractivity contribution is 0.405. The molecule has 68 valence electrons. The van der Waals surface area contributed by atoms with Gasteiger partial charge in [-0.15, -0.1) is 0 Å². The summed E-state index contributed by atoms with van der Waals surface area (Å²) in [6.07, 6.45) is 1.16. The quantitative estimate of drug-likeness (QED) is 0.502. The van der Waals surface area contributed by atoms with Gasteiger partial charge < -0.3 is 16.0 Å². The minimum absolute atomic E-state index is 0.536. The topological polar surface area (TPSA) is 36.1 Å². The van der Waals surface area contributed by atoms with Gasteiger partial charge in [-0.2, -0.15) is 0 Å². The molecule has 0 aromatic rings. The lowest BCUT2D eigenvalue weighted by Gasteiger charge is -2.22. The van der Waals surface area contributed by atoms with Crippen LogP contribution in [0.25, 0.3) is 0 Å². The second-order valence-corrected chi connectivity index (χ2v) is 2.86. The Labute approximate surface area is 69.9 Å². The summed E-state index contributed by atoms with van der Waals surface area (Å²) in [5.41, 5.74) is 0. The van der Waals surface area contributed by atoms with E-state index in [1.54, 1.807) is 0 Å². The van der Waals surface area contributed by atoms with Gasteiger partial charge in [0.05, 0.1) is 0 Å². The van der Waals surface area contributed by atoms with E-state index < -0.39 is 0 Å². The Morgan fingerprint density at radius 2 is 1.73 bits per heavy atom. The van der Waals surface area contributed by atoms with Crippen LogP contribution in [-0.2, 0) is 0 Å². The highest BCUT2D eigenvalue weighted by atomic mass is 15.0. The molecule has 0 aromatic carbocycles. The van der Waals surface area contributed by atoms with Crippen molar-refractivity contribution in [1.82, 2.24) is 16.0 Å². The monoisotopic (exact) mass is 159 g/mol. The van der Waals surface area contributed by atoms with Crippen molar-refractivity contribution < 1.29 is 0 Å². The summed E-state index contributed by atoms with van der Waals surface area (Å²) in [5.74, 6) is 0. The van der Waals surface area contributed by atoms with Crippen molar-refractivity contribution in [3.63, 3.8) is 0 Å². The molecule has 0 rings (SSSR count). The van der Waals surface area contributed by atoms with Crippen molar-refractivity contribution in [3.8, 4) is 0 Å². The number of likely N-dealkylation sites (N-methyl/N-ethyl adjacent to an activating group) is 2. The molecule has 0 amide bonds. The van der Waals surface area contributed by atoms with E-state index in [0.29, 0.717) is 12.1 Å². The van der Waals surface area contributed by atoms with Crippen LogP contribution in [0.3, 0.4) is 0 Å². The normalized spacial score (nSPS) is 16.4. The van der Waals surface area contributed by atoms with Crippen molar-refractivity contribution >= 4 is 0 Å². The maximum Gasteiger partial charge on any atom is 0.0227 e. The molecule has 3 nitrogen and oxygen atoms in total. The summed E-state index contributed by atoms with van der Waals surface area (Å²) >= 11 is 0. The van der Waals surface area contributed by atoms with Gasteiger partial charge in [-0.05, 0) is 41.0 Å². The minimum atomic E-state index is 0.536. The van der Waals surface area contributed by atoms with E-state index >= 15 is 0 Å². The van der Waals surface area contributed by atoms with Crippen LogP contribution < -0.4 is 16.0 Å². The summed E-state index contributed by atoms with van der Waals surface area (Å²) in [7, 11) is 5.99. The van der Waals surface area contributed by atoms with E-state index in [0.717, 1.165) is 13.0 Å². The second-order valence-electron chi connectivity index (χ2n) is 2.86. The molecular weight excluding hydrogens is 138 g/mol. The fourth-order valence-corrected chi connectivity index (χ4v) is 1.15. The molecule has 0 heterocycles. The van der Waals surface area contributed by atoms with Gasteiger partial charge >= 0.3 is 0 Å². The Hall–Kier alpha value is -0.120. The SMILES string of the molecule is CNCCC(NC)[C@@H](C)NC. The van der Waals surface area contributed by atoms with Crippen molar-refractivity contribution in [2.24, 2.45) is 0 Å². The molecule has 0 fully saturated rings. The van der Waals surface area contributed by atoms with E-state index in [2.05, 4.69) is 22.9 Å². The van der Waals surface area contributed by atoms with Crippen LogP contribution in [0.2, 0.25) is 0 Å². The maximum absolute atomic E-state index is 3.29. The molecule has 11 heavy (non-hydrogen) atoms. The first-order valence-electron chi connectivity index (χ1n) is 4.25. The van der Waals surface area contributed by atoms with Crippen LogP contribution in [0, 0.1) is 0 Å². The predicted molar refractivity (Wildman–Crippen MR) is 49.9 cm³/mol. The Morgan fingerprint density at radius 1 is 1.09 bits per heavy atom. The van der Waals surface area contributed by atoms with Crippen molar-refractivity contribution in [3.05, 3.63) is 0 Å². The first-order valence-corrected chi connectivity index (χ1v) is 4.25. The third-order valence-corrected chi connectivity index (χ3v) is 2.14. The molecule has 0 aliphatic rings. The van der Waals surface area contributed by atoms with Gasteiger partial charge in [0.2, 0.25) is 0 Å². The third kappa shape index (κ3) is 4.35. The predicted octanol–water partition coefficient (Wildman–Crippen LogP) is -0.208. The number of rotatable bonds is 6. The standard InChI is InChI=1S/C8H21N3/c1-7(10-3)8(11-4)5-6-9-2/h7-11H,5-6H2,1-4H3/t7-,8?/m1/s1. The molecule has 0 aliphatic heterocycles. The smallest absolute Gasteiger partial charge is 0.0227 e. The molecule has 2 atom stereocenters. The molecule has 3 N–H and O–H groups in total. The molecule has 0 radical (unpaired) electrons. The number of hydrogen-bond donors (Lipinski definition) is 3. The molecule has 0 bridgehead atoms. The Bertz CT molecular complexity index is 85.4. The van der Waals surface area contributed by atoms with Gasteiger partial charge in [0.1, 0.15) is 0 Å². The Kier molecular flexibility index (Phi) is 6.51. The van der Waals surface area contributed by atoms with Crippen LogP contribution in [0.4, 0.5) is 0 Å². The largest absolute Gasteiger partial charge is 0.320 e. The van der Waals surface area contributed by atoms with Gasteiger partial charge in [-0.1, -0.05) is 0 Å². The summed E-state index contributed by atoms with van der Waals surface area (Å²) in [4.78, 5) is 0. The van der Waals surface area contributed by atoms with E-state index in [1.165, 1.54) is 0 Å². The van der Waals surface area contributed by atoms with Crippen LogP contribution >= 0.6 is 0 Å². The Morgan fingerprint density at radius 3 is 2.09 bits per heavy atom. The minimum Gasteiger partial charge on any atom is -0.320 e. The van der Waals surface area contributed by atoms with Gasteiger partial charge in [0.15, 0.2) is 0 Å². The molecule has 1 unspecified atom stereocenters. The number of nitrogens with one attached hydrogen (secondary N) is 3. The van der Waals surface area contributed by atoms with Gasteiger partial charge in [-0.25, -0.2) is 0 Å². The van der Waals surface area contributed by atoms with Gasteiger partial charge in [0.25, 0.3) is 0 Å². The number of hydrogen-bond acceptors (Lipinski definition) is 3. The molecule has 0 aromatic heterocycles. The zero-order valence-electron chi connectivity index (χ0n) is 8.07. The van der Waals surface area contributed by atoms with Crippen LogP contribution in [0.1, 0.15) is 13.3 Å². The highest BCUT2D eigenvalue weighted by molar-refractivity contribution is 4.76. The van der Waals surface area contributed by atoms with Crippen molar-refractivity contribution in [2.45, 2.75) is 25.4 Å². The van der Waals surface area contributed by atoms with Gasteiger partial charge in [-0.3, -0.25) is 0 Å². The zero-order chi connectivity index (χ0) is 8.69. The van der Waals surface area contributed by atoms with E-state index in [4.69, 9.17) is 0 Å². The third-order valence-electron chi connectivity index (χ3n) is 2.14. The van der Waals surface area contributed by atoms with Crippen molar-refractivity contribution in [1.29, 1.82) is 0 Å². The van der Waals surface area contributed by atoms with E-state index in [-0.39, 0.29) is 0 Å². The first-order chi connectivity index (χ1) is 5.26. The molecule has 0 saturated heterocycles. The fraction of sp³-hybridized carbons (Fsp3) is 1.00. The molecule has 0 saturated carbocycles. The lowest BCUT2D eigenvalue weighted by atomic mass is 10.1. The highest BCUT2D eigenvalue weighted by Crippen LogP contribution is 1.95. The lowest BCUT2D eigenvalue weighted by Crippen LogP contribution is -2.44. The molecular formula is C8H21N3. The molecule has 0 aliphatic carbocycles. The van der Waals surface area contributed by atoms with Crippen LogP contribution in [0.15, 0.2) is 0 Å². The fourth-order valence-electron chi connectivity index (χ4n) is 1.15. The molecule has 3 heteroatoms. The summed E-state index contributed by atoms with van der Waals surface area (Å²) in [6, 6.07) is 1.10. The average molecular weight is 159 g/mol. The average Bonchev–Trinajstić information content (AvgIpc) is 2.05. The molecule has 0 spiro atoms. The summed E-state index contributed by atoms with van der Waals surface area (Å²) in [5, 5.41) is 9.66. The summed E-state index contributed by atoms with van der Waals surface area (Å²) < 4.78 is 0.